The molecule has 7 heteroatoms. The molecular formula is C15H22ClN3O2S. The lowest BCUT2D eigenvalue weighted by Gasteiger charge is -2.23. The van der Waals surface area contributed by atoms with Crippen LogP contribution in [0.1, 0.15) is 12.0 Å². The van der Waals surface area contributed by atoms with Crippen molar-refractivity contribution in [1.29, 1.82) is 0 Å². The summed E-state index contributed by atoms with van der Waals surface area (Å²) in [6, 6.07) is 7.71. The Kier molecular flexibility index (Phi) is 5.69. The monoisotopic (exact) mass is 343 g/mol. The predicted octanol–water partition coefficient (Wildman–Crippen LogP) is 1.78. The fourth-order valence-corrected chi connectivity index (χ4v) is 4.71. The molecule has 122 valence electrons. The minimum Gasteiger partial charge on any atom is -0.356 e. The van der Waals surface area contributed by atoms with Crippen LogP contribution in [0.15, 0.2) is 29.3 Å². The number of nitrogens with one attached hydrogen (secondary N) is 1. The summed E-state index contributed by atoms with van der Waals surface area (Å²) >= 11 is 5.99. The third-order valence-corrected chi connectivity index (χ3v) is 5.83. The number of nitrogens with zero attached hydrogens (tertiary/aromatic N) is 2. The minimum atomic E-state index is -2.83. The van der Waals surface area contributed by atoms with E-state index >= 15 is 0 Å². The molecule has 1 fully saturated rings. The average molecular weight is 344 g/mol. The molecule has 1 saturated heterocycles. The fraction of sp³-hybridized carbons (Fsp3) is 0.533. The number of halogens is 1. The maximum atomic E-state index is 11.5. The molecular weight excluding hydrogens is 322 g/mol. The number of guanidine groups is 1. The van der Waals surface area contributed by atoms with Gasteiger partial charge in [-0.1, -0.05) is 23.7 Å². The molecule has 0 spiro atoms. The number of hydrogen-bond acceptors (Lipinski definition) is 3. The van der Waals surface area contributed by atoms with E-state index < -0.39 is 9.84 Å². The van der Waals surface area contributed by atoms with Crippen molar-refractivity contribution in [3.05, 3.63) is 34.9 Å². The lowest BCUT2D eigenvalue weighted by Crippen LogP contribution is -2.40. The van der Waals surface area contributed by atoms with E-state index in [9.17, 15) is 8.42 Å². The number of hydrogen-bond donors (Lipinski definition) is 1. The molecule has 0 bridgehead atoms. The topological polar surface area (TPSA) is 61.8 Å². The molecule has 1 aromatic rings. The van der Waals surface area contributed by atoms with E-state index in [-0.39, 0.29) is 11.7 Å². The number of benzene rings is 1. The first-order valence-electron chi connectivity index (χ1n) is 7.26. The highest BCUT2D eigenvalue weighted by molar-refractivity contribution is 7.91. The standard InChI is InChI=1S/C15H22ClN3O2S/c1-17-15(18-9-13-6-7-22(20,21)11-13)19(2)10-12-4-3-5-14(16)8-12/h3-5,8,13H,6-7,9-11H2,1-2H3,(H,17,18). The zero-order chi connectivity index (χ0) is 16.2. The third kappa shape index (κ3) is 4.88. The lowest BCUT2D eigenvalue weighted by atomic mass is 10.1. The van der Waals surface area contributed by atoms with Gasteiger partial charge in [0.2, 0.25) is 0 Å². The zero-order valence-electron chi connectivity index (χ0n) is 12.9. The molecule has 22 heavy (non-hydrogen) atoms. The van der Waals surface area contributed by atoms with Crippen LogP contribution < -0.4 is 5.32 Å². The summed E-state index contributed by atoms with van der Waals surface area (Å²) in [4.78, 5) is 6.25. The summed E-state index contributed by atoms with van der Waals surface area (Å²) in [7, 11) is 0.839. The summed E-state index contributed by atoms with van der Waals surface area (Å²) in [5.41, 5.74) is 1.10. The number of rotatable bonds is 4. The first-order valence-corrected chi connectivity index (χ1v) is 9.46. The van der Waals surface area contributed by atoms with Gasteiger partial charge in [-0.05, 0) is 30.0 Å². The van der Waals surface area contributed by atoms with Gasteiger partial charge >= 0.3 is 0 Å². The van der Waals surface area contributed by atoms with Crippen molar-refractivity contribution in [2.24, 2.45) is 10.9 Å². The molecule has 0 saturated carbocycles. The van der Waals surface area contributed by atoms with Crippen LogP contribution in [0.3, 0.4) is 0 Å². The van der Waals surface area contributed by atoms with Crippen molar-refractivity contribution in [3.8, 4) is 0 Å². The van der Waals surface area contributed by atoms with Gasteiger partial charge in [0, 0.05) is 32.2 Å². The Bertz CT molecular complexity index is 646. The quantitative estimate of drug-likeness (QED) is 0.668. The molecule has 1 aliphatic rings. The fourth-order valence-electron chi connectivity index (χ4n) is 2.64. The molecule has 1 N–H and O–H groups in total. The predicted molar refractivity (Wildman–Crippen MR) is 91.0 cm³/mol. The van der Waals surface area contributed by atoms with Crippen molar-refractivity contribution in [2.75, 3.05) is 32.1 Å². The first kappa shape index (κ1) is 17.1. The van der Waals surface area contributed by atoms with E-state index in [0.29, 0.717) is 23.9 Å². The molecule has 5 nitrogen and oxygen atoms in total. The zero-order valence-corrected chi connectivity index (χ0v) is 14.5. The van der Waals surface area contributed by atoms with Crippen LogP contribution in [0.4, 0.5) is 0 Å². The average Bonchev–Trinajstić information content (AvgIpc) is 2.79. The van der Waals surface area contributed by atoms with Crippen molar-refractivity contribution in [1.82, 2.24) is 10.2 Å². The van der Waals surface area contributed by atoms with E-state index in [2.05, 4.69) is 10.3 Å². The Hall–Kier alpha value is -1.27. The number of sulfone groups is 1. The molecule has 0 amide bonds. The summed E-state index contributed by atoms with van der Waals surface area (Å²) in [6.07, 6.45) is 0.727. The van der Waals surface area contributed by atoms with Crippen molar-refractivity contribution in [3.63, 3.8) is 0 Å². The molecule has 0 aliphatic carbocycles. The van der Waals surface area contributed by atoms with Crippen LogP contribution in [0.25, 0.3) is 0 Å². The van der Waals surface area contributed by atoms with E-state index in [0.717, 1.165) is 17.9 Å². The van der Waals surface area contributed by atoms with E-state index in [1.807, 2.05) is 36.2 Å². The third-order valence-electron chi connectivity index (χ3n) is 3.76. The van der Waals surface area contributed by atoms with Gasteiger partial charge in [0.15, 0.2) is 15.8 Å². The van der Waals surface area contributed by atoms with Gasteiger partial charge in [-0.3, -0.25) is 4.99 Å². The van der Waals surface area contributed by atoms with Gasteiger partial charge in [0.1, 0.15) is 0 Å². The summed E-state index contributed by atoms with van der Waals surface area (Å²) in [6.45, 7) is 1.31. The van der Waals surface area contributed by atoms with Gasteiger partial charge in [-0.25, -0.2) is 8.42 Å². The van der Waals surface area contributed by atoms with Crippen LogP contribution >= 0.6 is 11.6 Å². The first-order chi connectivity index (χ1) is 10.4. The molecule has 1 heterocycles. The Morgan fingerprint density at radius 3 is 2.86 bits per heavy atom. The van der Waals surface area contributed by atoms with Crippen molar-refractivity contribution < 1.29 is 8.42 Å². The Labute approximate surface area is 137 Å². The van der Waals surface area contributed by atoms with Crippen LogP contribution in [0, 0.1) is 5.92 Å². The van der Waals surface area contributed by atoms with Gasteiger partial charge in [-0.15, -0.1) is 0 Å². The highest BCUT2D eigenvalue weighted by Crippen LogP contribution is 2.17. The van der Waals surface area contributed by atoms with Gasteiger partial charge in [-0.2, -0.15) is 0 Å². The normalized spacial score (nSPS) is 20.9. The SMILES string of the molecule is CN=C(NCC1CCS(=O)(=O)C1)N(C)Cc1cccc(Cl)c1. The smallest absolute Gasteiger partial charge is 0.193 e. The van der Waals surface area contributed by atoms with Crippen LogP contribution in [0.5, 0.6) is 0 Å². The second-order valence-corrected chi connectivity index (χ2v) is 8.35. The molecule has 2 rings (SSSR count). The molecule has 1 aromatic carbocycles. The maximum absolute atomic E-state index is 11.5. The molecule has 1 atom stereocenters. The second kappa shape index (κ2) is 7.33. The summed E-state index contributed by atoms with van der Waals surface area (Å²) < 4.78 is 23.0. The largest absolute Gasteiger partial charge is 0.356 e. The second-order valence-electron chi connectivity index (χ2n) is 5.68. The molecule has 0 radical (unpaired) electrons. The van der Waals surface area contributed by atoms with Crippen molar-refractivity contribution in [2.45, 2.75) is 13.0 Å². The van der Waals surface area contributed by atoms with Gasteiger partial charge in [0.25, 0.3) is 0 Å². The van der Waals surface area contributed by atoms with E-state index in [1.165, 1.54) is 0 Å². The van der Waals surface area contributed by atoms with Crippen LogP contribution in [0.2, 0.25) is 5.02 Å². The minimum absolute atomic E-state index is 0.168. The van der Waals surface area contributed by atoms with E-state index in [4.69, 9.17) is 11.6 Å². The summed E-state index contributed by atoms with van der Waals surface area (Å²) in [5.74, 6) is 1.50. The highest BCUT2D eigenvalue weighted by atomic mass is 35.5. The lowest BCUT2D eigenvalue weighted by molar-refractivity contribution is 0.463. The van der Waals surface area contributed by atoms with Gasteiger partial charge in [0.05, 0.1) is 11.5 Å². The maximum Gasteiger partial charge on any atom is 0.193 e. The molecule has 1 aliphatic heterocycles. The Balaban J connectivity index is 1.88. The van der Waals surface area contributed by atoms with E-state index in [1.54, 1.807) is 7.05 Å². The number of aliphatic imine (C=N–C) groups is 1. The van der Waals surface area contributed by atoms with Gasteiger partial charge < -0.3 is 10.2 Å². The van der Waals surface area contributed by atoms with Crippen LogP contribution in [-0.4, -0.2) is 51.4 Å². The van der Waals surface area contributed by atoms with Crippen LogP contribution in [-0.2, 0) is 16.4 Å². The Morgan fingerprint density at radius 2 is 2.27 bits per heavy atom. The molecule has 1 unspecified atom stereocenters. The Morgan fingerprint density at radius 1 is 1.50 bits per heavy atom. The summed E-state index contributed by atoms with van der Waals surface area (Å²) in [5, 5.41) is 3.98. The van der Waals surface area contributed by atoms with Crippen molar-refractivity contribution >= 4 is 27.4 Å². The molecule has 0 aromatic heterocycles. The highest BCUT2D eigenvalue weighted by Gasteiger charge is 2.27.